The van der Waals surface area contributed by atoms with Crippen molar-refractivity contribution in [2.75, 3.05) is 25.2 Å². The van der Waals surface area contributed by atoms with Crippen molar-refractivity contribution in [3.05, 3.63) is 23.2 Å². The number of methoxy groups -OCH3 is 1. The van der Waals surface area contributed by atoms with Crippen molar-refractivity contribution in [3.8, 4) is 0 Å². The maximum absolute atomic E-state index is 12.1. The Labute approximate surface area is 119 Å². The Morgan fingerprint density at radius 2 is 2.26 bits per heavy atom. The summed E-state index contributed by atoms with van der Waals surface area (Å²) in [5.74, 6) is -0.510. The summed E-state index contributed by atoms with van der Waals surface area (Å²) in [6, 6.07) is 4.72. The van der Waals surface area contributed by atoms with Crippen molar-refractivity contribution in [1.29, 1.82) is 0 Å². The van der Waals surface area contributed by atoms with Crippen molar-refractivity contribution < 1.29 is 13.7 Å². The number of carbonyl (C=O) groups is 1. The van der Waals surface area contributed by atoms with E-state index in [-0.39, 0.29) is 17.7 Å². The minimum atomic E-state index is -1.57. The quantitative estimate of drug-likeness (QED) is 0.773. The maximum atomic E-state index is 12.1. The van der Waals surface area contributed by atoms with Crippen LogP contribution < -0.4 is 11.1 Å². The first-order chi connectivity index (χ1) is 8.95. The van der Waals surface area contributed by atoms with Crippen molar-refractivity contribution in [2.24, 2.45) is 0 Å². The van der Waals surface area contributed by atoms with Gasteiger partial charge in [0.05, 0.1) is 27.3 Å². The Kier molecular flexibility index (Phi) is 6.27. The number of carbonyl (C=O) groups excluding carboxylic acids is 1. The molecular weight excluding hydrogens is 288 g/mol. The fourth-order valence-corrected chi connectivity index (χ4v) is 3.09. The summed E-state index contributed by atoms with van der Waals surface area (Å²) in [5.41, 5.74) is 6.04. The summed E-state index contributed by atoms with van der Waals surface area (Å²) in [6.07, 6.45) is 0. The van der Waals surface area contributed by atoms with Crippen LogP contribution in [0.3, 0.4) is 0 Å². The molecule has 1 aromatic carbocycles. The van der Waals surface area contributed by atoms with Gasteiger partial charge in [-0.2, -0.15) is 0 Å². The number of nitrogens with one attached hydrogen (secondary N) is 1. The lowest BCUT2D eigenvalue weighted by atomic mass is 10.3. The second-order valence-corrected chi connectivity index (χ2v) is 5.87. The van der Waals surface area contributed by atoms with Gasteiger partial charge in [-0.25, -0.2) is 0 Å². The summed E-state index contributed by atoms with van der Waals surface area (Å²) >= 11 is 5.94. The molecule has 0 aliphatic rings. The molecule has 1 amide bonds. The van der Waals surface area contributed by atoms with E-state index in [4.69, 9.17) is 22.1 Å². The van der Waals surface area contributed by atoms with E-state index in [2.05, 4.69) is 5.32 Å². The Morgan fingerprint density at radius 1 is 1.58 bits per heavy atom. The topological polar surface area (TPSA) is 81.4 Å². The summed E-state index contributed by atoms with van der Waals surface area (Å²) in [4.78, 5) is 12.0. The first kappa shape index (κ1) is 15.9. The van der Waals surface area contributed by atoms with E-state index in [1.165, 1.54) is 0 Å². The number of nitrogens with two attached hydrogens (primary N) is 1. The molecule has 1 aromatic rings. The smallest absolute Gasteiger partial charge is 0.233 e. The van der Waals surface area contributed by atoms with Crippen molar-refractivity contribution in [3.63, 3.8) is 0 Å². The zero-order chi connectivity index (χ0) is 14.4. The van der Waals surface area contributed by atoms with Crippen molar-refractivity contribution in [1.82, 2.24) is 5.32 Å². The van der Waals surface area contributed by atoms with E-state index in [0.717, 1.165) is 0 Å². The highest BCUT2D eigenvalue weighted by Gasteiger charge is 2.17. The van der Waals surface area contributed by atoms with Crippen LogP contribution in [0.2, 0.25) is 5.02 Å². The van der Waals surface area contributed by atoms with Crippen LogP contribution in [0.5, 0.6) is 0 Å². The van der Waals surface area contributed by atoms with Crippen LogP contribution in [-0.2, 0) is 20.3 Å². The van der Waals surface area contributed by atoms with Gasteiger partial charge >= 0.3 is 0 Å². The molecule has 7 heteroatoms. The lowest BCUT2D eigenvalue weighted by molar-refractivity contribution is -0.119. The third-order valence-corrected chi connectivity index (χ3v) is 4.17. The van der Waals surface area contributed by atoms with E-state index in [9.17, 15) is 9.00 Å². The van der Waals surface area contributed by atoms with Crippen LogP contribution in [0, 0.1) is 0 Å². The number of amides is 1. The Morgan fingerprint density at radius 3 is 2.84 bits per heavy atom. The molecule has 0 aromatic heterocycles. The highest BCUT2D eigenvalue weighted by molar-refractivity contribution is 7.86. The van der Waals surface area contributed by atoms with Gasteiger partial charge < -0.3 is 15.8 Å². The standard InChI is InChI=1S/C12H17ClN2O3S/c1-8(6-18-2)15-11(16)7-19(17)12-9(13)4-3-5-10(12)14/h3-5,8H,6-7,14H2,1-2H3,(H,15,16). The van der Waals surface area contributed by atoms with Crippen LogP contribution in [0.4, 0.5) is 5.69 Å². The molecule has 2 atom stereocenters. The van der Waals surface area contributed by atoms with E-state index >= 15 is 0 Å². The molecule has 0 heterocycles. The highest BCUT2D eigenvalue weighted by Crippen LogP contribution is 2.25. The van der Waals surface area contributed by atoms with Gasteiger partial charge in [0.25, 0.3) is 0 Å². The number of nitrogen functional groups attached to an aromatic ring is 1. The van der Waals surface area contributed by atoms with Crippen LogP contribution in [0.25, 0.3) is 0 Å². The fourth-order valence-electron chi connectivity index (χ4n) is 1.57. The average molecular weight is 305 g/mol. The fraction of sp³-hybridized carbons (Fsp3) is 0.417. The van der Waals surface area contributed by atoms with Crippen LogP contribution in [0.15, 0.2) is 23.1 Å². The van der Waals surface area contributed by atoms with E-state index in [1.807, 2.05) is 0 Å². The molecule has 0 fully saturated rings. The molecule has 2 unspecified atom stereocenters. The molecule has 19 heavy (non-hydrogen) atoms. The van der Waals surface area contributed by atoms with Gasteiger partial charge in [-0.05, 0) is 19.1 Å². The van der Waals surface area contributed by atoms with E-state index in [0.29, 0.717) is 22.2 Å². The summed E-state index contributed by atoms with van der Waals surface area (Å²) in [5, 5.41) is 2.98. The minimum Gasteiger partial charge on any atom is -0.398 e. The molecule has 0 saturated carbocycles. The van der Waals surface area contributed by atoms with Crippen LogP contribution in [0.1, 0.15) is 6.92 Å². The van der Waals surface area contributed by atoms with Gasteiger partial charge in [-0.1, -0.05) is 17.7 Å². The van der Waals surface area contributed by atoms with Crippen LogP contribution >= 0.6 is 11.6 Å². The first-order valence-electron chi connectivity index (χ1n) is 5.66. The number of ether oxygens (including phenoxy) is 1. The monoisotopic (exact) mass is 304 g/mol. The second kappa shape index (κ2) is 7.47. The predicted octanol–water partition coefficient (Wildman–Crippen LogP) is 1.18. The van der Waals surface area contributed by atoms with Gasteiger partial charge in [0.15, 0.2) is 0 Å². The number of benzene rings is 1. The lowest BCUT2D eigenvalue weighted by Gasteiger charge is -2.13. The van der Waals surface area contributed by atoms with Gasteiger partial charge in [0, 0.05) is 18.8 Å². The normalized spacial score (nSPS) is 13.8. The Balaban J connectivity index is 2.67. The molecular formula is C12H17ClN2O3S. The van der Waals surface area contributed by atoms with Crippen LogP contribution in [-0.4, -0.2) is 35.6 Å². The summed E-state index contributed by atoms with van der Waals surface area (Å²) in [6.45, 7) is 2.20. The summed E-state index contributed by atoms with van der Waals surface area (Å²) in [7, 11) is -0.0199. The molecule has 1 rings (SSSR count). The molecule has 0 aliphatic heterocycles. The third kappa shape index (κ3) is 4.81. The molecule has 0 aliphatic carbocycles. The molecule has 3 N–H and O–H groups in total. The summed E-state index contributed by atoms with van der Waals surface area (Å²) < 4.78 is 17.0. The SMILES string of the molecule is COCC(C)NC(=O)CS(=O)c1c(N)cccc1Cl. The molecule has 0 bridgehead atoms. The number of hydrogen-bond acceptors (Lipinski definition) is 4. The number of hydrogen-bond donors (Lipinski definition) is 2. The Bertz CT molecular complexity index is 462. The van der Waals surface area contributed by atoms with Gasteiger partial charge in [0.2, 0.25) is 5.91 Å². The van der Waals surface area contributed by atoms with E-state index < -0.39 is 10.8 Å². The highest BCUT2D eigenvalue weighted by atomic mass is 35.5. The molecule has 0 spiro atoms. The zero-order valence-electron chi connectivity index (χ0n) is 10.8. The largest absolute Gasteiger partial charge is 0.398 e. The second-order valence-electron chi connectivity index (χ2n) is 4.07. The van der Waals surface area contributed by atoms with Crippen molar-refractivity contribution >= 4 is 34.0 Å². The third-order valence-electron chi connectivity index (χ3n) is 2.31. The lowest BCUT2D eigenvalue weighted by Crippen LogP contribution is -2.38. The molecule has 0 radical (unpaired) electrons. The van der Waals surface area contributed by atoms with E-state index in [1.54, 1.807) is 32.2 Å². The van der Waals surface area contributed by atoms with Gasteiger partial charge in [0.1, 0.15) is 5.75 Å². The Hall–Kier alpha value is -1.11. The molecule has 106 valence electrons. The minimum absolute atomic E-state index is 0.141. The zero-order valence-corrected chi connectivity index (χ0v) is 12.4. The van der Waals surface area contributed by atoms with Gasteiger partial charge in [-0.3, -0.25) is 9.00 Å². The van der Waals surface area contributed by atoms with Gasteiger partial charge in [-0.15, -0.1) is 0 Å². The molecule has 5 nitrogen and oxygen atoms in total. The number of halogens is 1. The number of anilines is 1. The van der Waals surface area contributed by atoms with Crippen molar-refractivity contribution in [2.45, 2.75) is 17.9 Å². The first-order valence-corrected chi connectivity index (χ1v) is 7.36. The predicted molar refractivity (Wildman–Crippen MR) is 76.6 cm³/mol. The average Bonchev–Trinajstić information content (AvgIpc) is 2.28. The maximum Gasteiger partial charge on any atom is 0.233 e. The molecule has 0 saturated heterocycles. The number of rotatable bonds is 6.